The molecule has 7 nitrogen and oxygen atoms in total. The zero-order valence-electron chi connectivity index (χ0n) is 12.5. The molecule has 116 valence electrons. The van der Waals surface area contributed by atoms with E-state index in [0.29, 0.717) is 45.4 Å². The van der Waals surface area contributed by atoms with Gasteiger partial charge in [0.1, 0.15) is 0 Å². The Balaban J connectivity index is 1.87. The molecule has 0 aromatic carbocycles. The number of nitrogens with zero attached hydrogens (tertiary/aromatic N) is 3. The van der Waals surface area contributed by atoms with E-state index >= 15 is 0 Å². The molecule has 0 aliphatic rings. The molecule has 20 heavy (non-hydrogen) atoms. The van der Waals surface area contributed by atoms with E-state index in [0.717, 1.165) is 25.1 Å². The number of unbranched alkanes of at least 4 members (excludes halogenated alkanes) is 1. The number of hydrogen-bond donors (Lipinski definition) is 1. The molecule has 0 aliphatic heterocycles. The second-order valence-electron chi connectivity index (χ2n) is 4.47. The molecule has 0 bridgehead atoms. The third-order valence-corrected chi connectivity index (χ3v) is 2.85. The minimum atomic E-state index is 0.469. The van der Waals surface area contributed by atoms with Gasteiger partial charge in [-0.15, -0.1) is 5.10 Å². The van der Waals surface area contributed by atoms with Crippen LogP contribution in [0.2, 0.25) is 0 Å². The van der Waals surface area contributed by atoms with Gasteiger partial charge in [0.2, 0.25) is 0 Å². The second-order valence-corrected chi connectivity index (χ2v) is 4.47. The Kier molecular flexibility index (Phi) is 8.93. The SMILES string of the molecule is CCCCOCCOCCOCCn1nnc(N)c1C. The number of hydrogen-bond acceptors (Lipinski definition) is 6. The van der Waals surface area contributed by atoms with Gasteiger partial charge < -0.3 is 19.9 Å². The summed E-state index contributed by atoms with van der Waals surface area (Å²) in [5.74, 6) is 0.469. The van der Waals surface area contributed by atoms with Crippen LogP contribution in [-0.2, 0) is 20.8 Å². The first-order chi connectivity index (χ1) is 9.75. The van der Waals surface area contributed by atoms with Crippen LogP contribution in [0.4, 0.5) is 5.82 Å². The van der Waals surface area contributed by atoms with Crippen molar-refractivity contribution >= 4 is 5.82 Å². The van der Waals surface area contributed by atoms with Crippen molar-refractivity contribution in [1.82, 2.24) is 15.0 Å². The minimum absolute atomic E-state index is 0.469. The average Bonchev–Trinajstić information content (AvgIpc) is 2.76. The van der Waals surface area contributed by atoms with Gasteiger partial charge in [0.05, 0.1) is 45.3 Å². The van der Waals surface area contributed by atoms with E-state index in [1.165, 1.54) is 0 Å². The van der Waals surface area contributed by atoms with Gasteiger partial charge in [0, 0.05) is 6.61 Å². The summed E-state index contributed by atoms with van der Waals surface area (Å²) in [6, 6.07) is 0. The van der Waals surface area contributed by atoms with Gasteiger partial charge in [0.25, 0.3) is 0 Å². The van der Waals surface area contributed by atoms with E-state index < -0.39 is 0 Å². The minimum Gasteiger partial charge on any atom is -0.381 e. The normalized spacial score (nSPS) is 11.1. The maximum absolute atomic E-state index is 5.60. The van der Waals surface area contributed by atoms with Crippen LogP contribution in [0.3, 0.4) is 0 Å². The molecule has 1 rings (SSSR count). The Hall–Kier alpha value is -1.18. The zero-order chi connectivity index (χ0) is 14.6. The van der Waals surface area contributed by atoms with Crippen LogP contribution in [0.1, 0.15) is 25.5 Å². The molecule has 0 amide bonds. The van der Waals surface area contributed by atoms with Crippen molar-refractivity contribution in [1.29, 1.82) is 0 Å². The van der Waals surface area contributed by atoms with Crippen molar-refractivity contribution in [2.75, 3.05) is 45.4 Å². The molecule has 7 heteroatoms. The molecular formula is C13H26N4O3. The van der Waals surface area contributed by atoms with Crippen LogP contribution in [-0.4, -0.2) is 54.6 Å². The number of nitrogen functional groups attached to an aromatic ring is 1. The van der Waals surface area contributed by atoms with Gasteiger partial charge in [-0.1, -0.05) is 18.6 Å². The molecule has 0 unspecified atom stereocenters. The number of anilines is 1. The Morgan fingerprint density at radius 1 is 1.00 bits per heavy atom. The average molecular weight is 286 g/mol. The lowest BCUT2D eigenvalue weighted by Gasteiger charge is -2.07. The summed E-state index contributed by atoms with van der Waals surface area (Å²) < 4.78 is 18.0. The van der Waals surface area contributed by atoms with Gasteiger partial charge >= 0.3 is 0 Å². The Morgan fingerprint density at radius 3 is 2.15 bits per heavy atom. The maximum atomic E-state index is 5.60. The van der Waals surface area contributed by atoms with Gasteiger partial charge in [-0.25, -0.2) is 4.68 Å². The van der Waals surface area contributed by atoms with E-state index in [1.54, 1.807) is 4.68 Å². The summed E-state index contributed by atoms with van der Waals surface area (Å²) in [4.78, 5) is 0. The maximum Gasteiger partial charge on any atom is 0.168 e. The first kappa shape index (κ1) is 16.9. The van der Waals surface area contributed by atoms with Crippen molar-refractivity contribution in [3.05, 3.63) is 5.69 Å². The van der Waals surface area contributed by atoms with E-state index in [9.17, 15) is 0 Å². The van der Waals surface area contributed by atoms with Crippen LogP contribution >= 0.6 is 0 Å². The molecule has 1 aromatic heterocycles. The van der Waals surface area contributed by atoms with Crippen LogP contribution < -0.4 is 5.73 Å². The van der Waals surface area contributed by atoms with Crippen molar-refractivity contribution in [3.8, 4) is 0 Å². The number of ether oxygens (including phenoxy) is 3. The van der Waals surface area contributed by atoms with Crippen LogP contribution in [0.5, 0.6) is 0 Å². The molecule has 0 saturated heterocycles. The summed E-state index contributed by atoms with van der Waals surface area (Å²) >= 11 is 0. The largest absolute Gasteiger partial charge is 0.381 e. The summed E-state index contributed by atoms with van der Waals surface area (Å²) in [5.41, 5.74) is 6.47. The quantitative estimate of drug-likeness (QED) is 0.577. The first-order valence-corrected chi connectivity index (χ1v) is 7.14. The van der Waals surface area contributed by atoms with E-state index in [4.69, 9.17) is 19.9 Å². The molecule has 0 radical (unpaired) electrons. The summed E-state index contributed by atoms with van der Waals surface area (Å²) in [5, 5.41) is 7.69. The van der Waals surface area contributed by atoms with Gasteiger partial charge in [-0.3, -0.25) is 0 Å². The fourth-order valence-corrected chi connectivity index (χ4v) is 1.53. The molecule has 0 atom stereocenters. The van der Waals surface area contributed by atoms with Gasteiger partial charge in [-0.2, -0.15) is 0 Å². The number of nitrogens with two attached hydrogens (primary N) is 1. The Morgan fingerprint density at radius 2 is 1.60 bits per heavy atom. The van der Waals surface area contributed by atoms with Crippen molar-refractivity contribution in [2.45, 2.75) is 33.2 Å². The molecule has 0 aliphatic carbocycles. The third kappa shape index (κ3) is 6.83. The fraction of sp³-hybridized carbons (Fsp3) is 0.846. The lowest BCUT2D eigenvalue weighted by atomic mass is 10.4. The lowest BCUT2D eigenvalue weighted by molar-refractivity contribution is 0.0122. The van der Waals surface area contributed by atoms with Crippen LogP contribution in [0.15, 0.2) is 0 Å². The van der Waals surface area contributed by atoms with Gasteiger partial charge in [0.15, 0.2) is 5.82 Å². The predicted octanol–water partition coefficient (Wildman–Crippen LogP) is 1.02. The lowest BCUT2D eigenvalue weighted by Crippen LogP contribution is -2.13. The summed E-state index contributed by atoms with van der Waals surface area (Å²) in [7, 11) is 0. The highest BCUT2D eigenvalue weighted by Crippen LogP contribution is 2.03. The number of aromatic nitrogens is 3. The van der Waals surface area contributed by atoms with Crippen molar-refractivity contribution < 1.29 is 14.2 Å². The molecule has 1 heterocycles. The van der Waals surface area contributed by atoms with Crippen LogP contribution in [0.25, 0.3) is 0 Å². The molecule has 0 saturated carbocycles. The smallest absolute Gasteiger partial charge is 0.168 e. The van der Waals surface area contributed by atoms with Crippen molar-refractivity contribution in [3.63, 3.8) is 0 Å². The molecule has 0 spiro atoms. The molecule has 1 aromatic rings. The number of rotatable bonds is 12. The zero-order valence-corrected chi connectivity index (χ0v) is 12.5. The summed E-state index contributed by atoms with van der Waals surface area (Å²) in [6.45, 7) is 8.48. The standard InChI is InChI=1S/C13H26N4O3/c1-3-4-6-18-8-10-20-11-9-19-7-5-17-12(2)13(14)15-16-17/h3-11,14H2,1-2H3. The van der Waals surface area contributed by atoms with Crippen LogP contribution in [0, 0.1) is 6.92 Å². The van der Waals surface area contributed by atoms with E-state index in [2.05, 4.69) is 17.2 Å². The molecule has 2 N–H and O–H groups in total. The summed E-state index contributed by atoms with van der Waals surface area (Å²) in [6.07, 6.45) is 2.26. The van der Waals surface area contributed by atoms with E-state index in [-0.39, 0.29) is 0 Å². The third-order valence-electron chi connectivity index (χ3n) is 2.85. The van der Waals surface area contributed by atoms with E-state index in [1.807, 2.05) is 6.92 Å². The monoisotopic (exact) mass is 286 g/mol. The topological polar surface area (TPSA) is 84.4 Å². The van der Waals surface area contributed by atoms with Gasteiger partial charge in [-0.05, 0) is 13.3 Å². The second kappa shape index (κ2) is 10.6. The first-order valence-electron chi connectivity index (χ1n) is 7.14. The Labute approximate surface area is 120 Å². The highest BCUT2D eigenvalue weighted by Gasteiger charge is 2.03. The highest BCUT2D eigenvalue weighted by molar-refractivity contribution is 5.31. The highest BCUT2D eigenvalue weighted by atomic mass is 16.5. The predicted molar refractivity (Wildman–Crippen MR) is 76.5 cm³/mol. The fourth-order valence-electron chi connectivity index (χ4n) is 1.53. The molecule has 0 fully saturated rings. The Bertz CT molecular complexity index is 357. The molecular weight excluding hydrogens is 260 g/mol. The van der Waals surface area contributed by atoms with Crippen molar-refractivity contribution in [2.24, 2.45) is 0 Å².